The van der Waals surface area contributed by atoms with Gasteiger partial charge >= 0.3 is 0 Å². The van der Waals surface area contributed by atoms with E-state index in [9.17, 15) is 0 Å². The van der Waals surface area contributed by atoms with Gasteiger partial charge in [0.1, 0.15) is 29.4 Å². The lowest BCUT2D eigenvalue weighted by Gasteiger charge is -2.13. The largest absolute Gasteiger partial charge is 0.489 e. The standard InChI is InChI=1S/C24H21ClO3/c1-2-3-17-14-23(28-21-8-5-20(25)6-9-21)7-4-19(17)16-27-22-10-11-24-18(15-22)12-13-26-24/h4-15H,2-3,16H2,1H3. The Morgan fingerprint density at radius 1 is 0.821 bits per heavy atom. The number of benzene rings is 3. The van der Waals surface area contributed by atoms with Gasteiger partial charge in [-0.2, -0.15) is 0 Å². The summed E-state index contributed by atoms with van der Waals surface area (Å²) in [6, 6.07) is 21.3. The molecule has 4 rings (SSSR count). The van der Waals surface area contributed by atoms with Gasteiger partial charge in [0, 0.05) is 10.4 Å². The molecule has 0 fully saturated rings. The number of hydrogen-bond acceptors (Lipinski definition) is 3. The van der Waals surface area contributed by atoms with Crippen LogP contribution in [-0.4, -0.2) is 0 Å². The number of halogens is 1. The van der Waals surface area contributed by atoms with Crippen LogP contribution in [0, 0.1) is 0 Å². The van der Waals surface area contributed by atoms with E-state index in [2.05, 4.69) is 19.1 Å². The molecular weight excluding hydrogens is 372 g/mol. The average molecular weight is 393 g/mol. The number of fused-ring (bicyclic) bond motifs is 1. The molecule has 142 valence electrons. The minimum absolute atomic E-state index is 0.514. The van der Waals surface area contributed by atoms with Crippen LogP contribution in [0.3, 0.4) is 0 Å². The summed E-state index contributed by atoms with van der Waals surface area (Å²) in [5, 5.41) is 1.73. The van der Waals surface area contributed by atoms with Crippen molar-refractivity contribution in [1.82, 2.24) is 0 Å². The second-order valence-corrected chi connectivity index (χ2v) is 7.08. The molecule has 0 radical (unpaired) electrons. The Morgan fingerprint density at radius 2 is 1.61 bits per heavy atom. The van der Waals surface area contributed by atoms with E-state index in [-0.39, 0.29) is 0 Å². The minimum Gasteiger partial charge on any atom is -0.489 e. The predicted molar refractivity (Wildman–Crippen MR) is 113 cm³/mol. The molecular formula is C24H21ClO3. The van der Waals surface area contributed by atoms with Crippen molar-refractivity contribution in [3.05, 3.63) is 89.1 Å². The molecule has 0 aliphatic carbocycles. The maximum Gasteiger partial charge on any atom is 0.134 e. The highest BCUT2D eigenvalue weighted by molar-refractivity contribution is 6.30. The Morgan fingerprint density at radius 3 is 2.43 bits per heavy atom. The lowest BCUT2D eigenvalue weighted by atomic mass is 10.0. The maximum absolute atomic E-state index is 6.03. The van der Waals surface area contributed by atoms with E-state index in [4.69, 9.17) is 25.5 Å². The zero-order valence-corrected chi connectivity index (χ0v) is 16.4. The molecule has 1 aromatic heterocycles. The summed E-state index contributed by atoms with van der Waals surface area (Å²) in [6.45, 7) is 2.68. The summed E-state index contributed by atoms with van der Waals surface area (Å²) < 4.78 is 17.4. The zero-order valence-electron chi connectivity index (χ0n) is 15.7. The summed E-state index contributed by atoms with van der Waals surface area (Å²) in [5.74, 6) is 2.41. The van der Waals surface area contributed by atoms with Crippen molar-refractivity contribution in [2.24, 2.45) is 0 Å². The Hall–Kier alpha value is -2.91. The Kier molecular flexibility index (Phi) is 5.54. The molecule has 0 saturated carbocycles. The molecule has 3 nitrogen and oxygen atoms in total. The van der Waals surface area contributed by atoms with E-state index in [0.717, 1.165) is 46.6 Å². The molecule has 3 aromatic carbocycles. The van der Waals surface area contributed by atoms with Crippen molar-refractivity contribution >= 4 is 22.6 Å². The number of rotatable bonds is 7. The van der Waals surface area contributed by atoms with Crippen LogP contribution < -0.4 is 9.47 Å². The SMILES string of the molecule is CCCc1cc(Oc2ccc(Cl)cc2)ccc1COc1ccc2occc2c1. The van der Waals surface area contributed by atoms with Gasteiger partial charge in [-0.1, -0.05) is 31.0 Å². The van der Waals surface area contributed by atoms with Gasteiger partial charge in [0.15, 0.2) is 0 Å². The van der Waals surface area contributed by atoms with Gasteiger partial charge in [0.2, 0.25) is 0 Å². The van der Waals surface area contributed by atoms with E-state index >= 15 is 0 Å². The van der Waals surface area contributed by atoms with Crippen LogP contribution in [0.4, 0.5) is 0 Å². The van der Waals surface area contributed by atoms with E-state index < -0.39 is 0 Å². The summed E-state index contributed by atoms with van der Waals surface area (Å²) in [4.78, 5) is 0. The molecule has 0 bridgehead atoms. The van der Waals surface area contributed by atoms with Crippen LogP contribution in [0.1, 0.15) is 24.5 Å². The van der Waals surface area contributed by atoms with Crippen molar-refractivity contribution in [3.8, 4) is 17.2 Å². The third kappa shape index (κ3) is 4.32. The first-order valence-electron chi connectivity index (χ1n) is 9.36. The van der Waals surface area contributed by atoms with Crippen molar-refractivity contribution in [2.45, 2.75) is 26.4 Å². The summed E-state index contributed by atoms with van der Waals surface area (Å²) in [7, 11) is 0. The molecule has 28 heavy (non-hydrogen) atoms. The Bertz CT molecular complexity index is 1070. The van der Waals surface area contributed by atoms with Crippen LogP contribution in [0.5, 0.6) is 17.2 Å². The van der Waals surface area contributed by atoms with Gasteiger partial charge in [-0.15, -0.1) is 0 Å². The lowest BCUT2D eigenvalue weighted by Crippen LogP contribution is -2.01. The van der Waals surface area contributed by atoms with Gasteiger partial charge in [-0.05, 0) is 78.2 Å². The molecule has 0 atom stereocenters. The monoisotopic (exact) mass is 392 g/mol. The predicted octanol–water partition coefficient (Wildman–Crippen LogP) is 7.41. The molecule has 0 spiro atoms. The van der Waals surface area contributed by atoms with Crippen LogP contribution >= 0.6 is 11.6 Å². The second kappa shape index (κ2) is 8.41. The topological polar surface area (TPSA) is 31.6 Å². The fourth-order valence-electron chi connectivity index (χ4n) is 3.14. The van der Waals surface area contributed by atoms with Gasteiger partial charge in [-0.3, -0.25) is 0 Å². The fraction of sp³-hybridized carbons (Fsp3) is 0.167. The summed E-state index contributed by atoms with van der Waals surface area (Å²) in [5.41, 5.74) is 3.26. The van der Waals surface area contributed by atoms with Crippen LogP contribution in [0.25, 0.3) is 11.0 Å². The highest BCUT2D eigenvalue weighted by Gasteiger charge is 2.08. The second-order valence-electron chi connectivity index (χ2n) is 6.65. The maximum atomic E-state index is 6.03. The zero-order chi connectivity index (χ0) is 19.3. The molecule has 0 unspecified atom stereocenters. The minimum atomic E-state index is 0.514. The highest BCUT2D eigenvalue weighted by Crippen LogP contribution is 2.27. The number of ether oxygens (including phenoxy) is 2. The lowest BCUT2D eigenvalue weighted by molar-refractivity contribution is 0.305. The van der Waals surface area contributed by atoms with Crippen molar-refractivity contribution in [3.63, 3.8) is 0 Å². The first-order valence-corrected chi connectivity index (χ1v) is 9.74. The molecule has 0 saturated heterocycles. The van der Waals surface area contributed by atoms with Crippen LogP contribution in [0.15, 0.2) is 77.4 Å². The number of furan rings is 1. The molecule has 0 aliphatic heterocycles. The third-order valence-electron chi connectivity index (χ3n) is 4.56. The summed E-state index contributed by atoms with van der Waals surface area (Å²) in [6.07, 6.45) is 3.71. The molecule has 4 heteroatoms. The van der Waals surface area contributed by atoms with Gasteiger partial charge in [0.05, 0.1) is 6.26 Å². The third-order valence-corrected chi connectivity index (χ3v) is 4.82. The van der Waals surface area contributed by atoms with Crippen LogP contribution in [-0.2, 0) is 13.0 Å². The molecule has 1 heterocycles. The molecule has 0 N–H and O–H groups in total. The number of hydrogen-bond donors (Lipinski definition) is 0. The Balaban J connectivity index is 1.50. The van der Waals surface area contributed by atoms with Crippen LogP contribution in [0.2, 0.25) is 5.02 Å². The summed E-state index contributed by atoms with van der Waals surface area (Å²) >= 11 is 5.94. The van der Waals surface area contributed by atoms with Gasteiger partial charge in [-0.25, -0.2) is 0 Å². The smallest absolute Gasteiger partial charge is 0.134 e. The molecule has 0 aliphatic rings. The number of aryl methyl sites for hydroxylation is 1. The highest BCUT2D eigenvalue weighted by atomic mass is 35.5. The van der Waals surface area contributed by atoms with Crippen molar-refractivity contribution < 1.29 is 13.9 Å². The Labute approximate surface area is 169 Å². The van der Waals surface area contributed by atoms with Gasteiger partial charge < -0.3 is 13.9 Å². The van der Waals surface area contributed by atoms with E-state index in [0.29, 0.717) is 11.6 Å². The van der Waals surface area contributed by atoms with E-state index in [1.54, 1.807) is 6.26 Å². The quantitative estimate of drug-likeness (QED) is 0.328. The van der Waals surface area contributed by atoms with Gasteiger partial charge in [0.25, 0.3) is 0 Å². The first-order chi connectivity index (χ1) is 13.7. The normalized spacial score (nSPS) is 10.9. The van der Waals surface area contributed by atoms with E-state index in [1.807, 2.05) is 54.6 Å². The van der Waals surface area contributed by atoms with Crippen molar-refractivity contribution in [2.75, 3.05) is 0 Å². The average Bonchev–Trinajstić information content (AvgIpc) is 3.17. The molecule has 4 aromatic rings. The fourth-order valence-corrected chi connectivity index (χ4v) is 3.27. The molecule has 0 amide bonds. The first kappa shape index (κ1) is 18.5. The van der Waals surface area contributed by atoms with E-state index in [1.165, 1.54) is 5.56 Å². The van der Waals surface area contributed by atoms with Crippen molar-refractivity contribution in [1.29, 1.82) is 0 Å².